The van der Waals surface area contributed by atoms with Gasteiger partial charge in [-0.25, -0.2) is 4.79 Å². The zero-order valence-corrected chi connectivity index (χ0v) is 16.4. The Morgan fingerprint density at radius 1 is 1.27 bits per heavy atom. The van der Waals surface area contributed by atoms with Gasteiger partial charge in [0.15, 0.2) is 0 Å². The van der Waals surface area contributed by atoms with E-state index in [0.717, 1.165) is 28.3 Å². The first kappa shape index (κ1) is 18.4. The van der Waals surface area contributed by atoms with Crippen molar-refractivity contribution < 1.29 is 14.3 Å². The van der Waals surface area contributed by atoms with E-state index in [1.807, 2.05) is 32.4 Å². The Kier molecular flexibility index (Phi) is 5.04. The number of esters is 1. The van der Waals surface area contributed by atoms with Crippen LogP contribution >= 0.6 is 11.8 Å². The standard InChI is InChI=1S/C18H22N4O3S/c1-10-6-20-13(7-19-10)8-22-14(23)9-26-17(22)15-11(2)21(4)12(3)16(15)18(24)25-5/h6-7,17H,8-9H2,1-5H3. The van der Waals surface area contributed by atoms with E-state index in [1.54, 1.807) is 17.3 Å². The first-order valence-corrected chi connectivity index (χ1v) is 9.32. The second-order valence-electron chi connectivity index (χ2n) is 6.34. The summed E-state index contributed by atoms with van der Waals surface area (Å²) in [4.78, 5) is 35.3. The van der Waals surface area contributed by atoms with Gasteiger partial charge < -0.3 is 14.2 Å². The van der Waals surface area contributed by atoms with Crippen molar-refractivity contribution in [3.05, 3.63) is 46.3 Å². The molecule has 1 amide bonds. The minimum atomic E-state index is -0.378. The summed E-state index contributed by atoms with van der Waals surface area (Å²) in [7, 11) is 3.29. The van der Waals surface area contributed by atoms with Crippen molar-refractivity contribution in [2.75, 3.05) is 12.9 Å². The number of hydrogen-bond donors (Lipinski definition) is 0. The van der Waals surface area contributed by atoms with Crippen LogP contribution < -0.4 is 0 Å². The Morgan fingerprint density at radius 2 is 2.00 bits per heavy atom. The number of nitrogens with zero attached hydrogens (tertiary/aromatic N) is 4. The largest absolute Gasteiger partial charge is 0.465 e. The summed E-state index contributed by atoms with van der Waals surface area (Å²) < 4.78 is 6.96. The third-order valence-electron chi connectivity index (χ3n) is 4.80. The summed E-state index contributed by atoms with van der Waals surface area (Å²) in [6.07, 6.45) is 3.38. The van der Waals surface area contributed by atoms with Crippen LogP contribution in [0.15, 0.2) is 12.4 Å². The first-order chi connectivity index (χ1) is 12.3. The van der Waals surface area contributed by atoms with Crippen LogP contribution in [-0.4, -0.2) is 44.2 Å². The van der Waals surface area contributed by atoms with Crippen LogP contribution in [0.25, 0.3) is 0 Å². The molecule has 1 aliphatic heterocycles. The van der Waals surface area contributed by atoms with Gasteiger partial charge in [-0.1, -0.05) is 0 Å². The smallest absolute Gasteiger partial charge is 0.340 e. The third-order valence-corrected chi connectivity index (χ3v) is 6.02. The Morgan fingerprint density at radius 3 is 2.62 bits per heavy atom. The lowest BCUT2D eigenvalue weighted by Gasteiger charge is -2.24. The van der Waals surface area contributed by atoms with Crippen LogP contribution in [0.3, 0.4) is 0 Å². The molecule has 3 heterocycles. The van der Waals surface area contributed by atoms with Crippen molar-refractivity contribution in [2.24, 2.45) is 7.05 Å². The van der Waals surface area contributed by atoms with Crippen molar-refractivity contribution in [2.45, 2.75) is 32.7 Å². The first-order valence-electron chi connectivity index (χ1n) is 8.27. The molecule has 26 heavy (non-hydrogen) atoms. The molecule has 3 rings (SSSR count). The second-order valence-corrected chi connectivity index (χ2v) is 7.41. The van der Waals surface area contributed by atoms with E-state index in [9.17, 15) is 9.59 Å². The van der Waals surface area contributed by atoms with E-state index in [0.29, 0.717) is 17.9 Å². The topological polar surface area (TPSA) is 77.3 Å². The molecule has 138 valence electrons. The Bertz CT molecular complexity index is 860. The average Bonchev–Trinajstić information content (AvgIpc) is 3.09. The normalized spacial score (nSPS) is 17.0. The molecule has 0 bridgehead atoms. The molecule has 0 spiro atoms. The molecule has 2 aromatic rings. The van der Waals surface area contributed by atoms with Crippen LogP contribution in [0.1, 0.15) is 44.1 Å². The predicted molar refractivity (Wildman–Crippen MR) is 98.7 cm³/mol. The van der Waals surface area contributed by atoms with Gasteiger partial charge in [-0.2, -0.15) is 0 Å². The summed E-state index contributed by atoms with van der Waals surface area (Å²) in [5.74, 6) is 0.0214. The van der Waals surface area contributed by atoms with Gasteiger partial charge in [-0.05, 0) is 20.8 Å². The quantitative estimate of drug-likeness (QED) is 0.764. The number of amides is 1. The maximum absolute atomic E-state index is 12.5. The minimum absolute atomic E-state index is 0.0269. The fourth-order valence-electron chi connectivity index (χ4n) is 3.18. The van der Waals surface area contributed by atoms with Crippen molar-refractivity contribution in [1.82, 2.24) is 19.4 Å². The molecule has 1 fully saturated rings. The van der Waals surface area contributed by atoms with Gasteiger partial charge in [0.05, 0.1) is 42.6 Å². The maximum atomic E-state index is 12.5. The third kappa shape index (κ3) is 3.09. The molecular weight excluding hydrogens is 352 g/mol. The summed E-state index contributed by atoms with van der Waals surface area (Å²) in [5, 5.41) is -0.250. The van der Waals surface area contributed by atoms with Gasteiger partial charge in [0.1, 0.15) is 5.37 Å². The number of thioether (sulfide) groups is 1. The lowest BCUT2D eigenvalue weighted by Crippen LogP contribution is -2.29. The maximum Gasteiger partial charge on any atom is 0.340 e. The monoisotopic (exact) mass is 374 g/mol. The molecule has 8 heteroatoms. The number of ether oxygens (including phenoxy) is 1. The Labute approximate surface area is 156 Å². The molecule has 1 unspecified atom stereocenters. The van der Waals surface area contributed by atoms with Crippen molar-refractivity contribution >= 4 is 23.6 Å². The molecule has 1 aliphatic rings. The van der Waals surface area contributed by atoms with Gasteiger partial charge >= 0.3 is 5.97 Å². The summed E-state index contributed by atoms with van der Waals surface area (Å²) in [5.41, 5.74) is 4.72. The van der Waals surface area contributed by atoms with E-state index in [1.165, 1.54) is 18.9 Å². The average molecular weight is 374 g/mol. The summed E-state index contributed by atoms with van der Waals surface area (Å²) >= 11 is 1.52. The highest BCUT2D eigenvalue weighted by Gasteiger charge is 2.38. The molecule has 0 aliphatic carbocycles. The molecular formula is C18H22N4O3S. The fraction of sp³-hybridized carbons (Fsp3) is 0.444. The van der Waals surface area contributed by atoms with Gasteiger partial charge in [0.25, 0.3) is 0 Å². The lowest BCUT2D eigenvalue weighted by atomic mass is 10.1. The van der Waals surface area contributed by atoms with E-state index in [-0.39, 0.29) is 17.3 Å². The van der Waals surface area contributed by atoms with Gasteiger partial charge in [-0.3, -0.25) is 14.8 Å². The van der Waals surface area contributed by atoms with E-state index < -0.39 is 0 Å². The van der Waals surface area contributed by atoms with Crippen molar-refractivity contribution in [3.8, 4) is 0 Å². The highest BCUT2D eigenvalue weighted by Crippen LogP contribution is 2.43. The minimum Gasteiger partial charge on any atom is -0.465 e. The number of aryl methyl sites for hydroxylation is 1. The molecule has 1 atom stereocenters. The molecule has 2 aromatic heterocycles. The Hall–Kier alpha value is -2.35. The number of aromatic nitrogens is 3. The van der Waals surface area contributed by atoms with Crippen molar-refractivity contribution in [3.63, 3.8) is 0 Å². The second kappa shape index (κ2) is 7.11. The molecule has 7 nitrogen and oxygen atoms in total. The van der Waals surface area contributed by atoms with Crippen LogP contribution in [0.5, 0.6) is 0 Å². The van der Waals surface area contributed by atoms with Crippen molar-refractivity contribution in [1.29, 1.82) is 0 Å². The molecule has 0 radical (unpaired) electrons. The molecule has 1 saturated heterocycles. The number of rotatable bonds is 4. The highest BCUT2D eigenvalue weighted by molar-refractivity contribution is 8.00. The molecule has 0 N–H and O–H groups in total. The SMILES string of the molecule is COC(=O)c1c(C2SCC(=O)N2Cc2cnc(C)cn2)c(C)n(C)c1C. The Balaban J connectivity index is 2.02. The molecule has 0 saturated carbocycles. The number of carbonyl (C=O) groups is 2. The summed E-state index contributed by atoms with van der Waals surface area (Å²) in [6.45, 7) is 6.08. The summed E-state index contributed by atoms with van der Waals surface area (Å²) in [6, 6.07) is 0. The lowest BCUT2D eigenvalue weighted by molar-refractivity contribution is -0.128. The number of hydrogen-bond acceptors (Lipinski definition) is 6. The van der Waals surface area contributed by atoms with Gasteiger partial charge in [-0.15, -0.1) is 11.8 Å². The van der Waals surface area contributed by atoms with Crippen LogP contribution in [0.4, 0.5) is 0 Å². The fourth-order valence-corrected chi connectivity index (χ4v) is 4.47. The zero-order chi connectivity index (χ0) is 19.0. The zero-order valence-electron chi connectivity index (χ0n) is 15.6. The van der Waals surface area contributed by atoms with Gasteiger partial charge in [0.2, 0.25) is 5.91 Å². The van der Waals surface area contributed by atoms with E-state index in [4.69, 9.17) is 4.74 Å². The van der Waals surface area contributed by atoms with E-state index >= 15 is 0 Å². The van der Waals surface area contributed by atoms with Crippen LogP contribution in [-0.2, 0) is 23.1 Å². The van der Waals surface area contributed by atoms with Crippen LogP contribution in [0, 0.1) is 20.8 Å². The number of carbonyl (C=O) groups excluding carboxylic acids is 2. The predicted octanol–water partition coefficient (Wildman–Crippen LogP) is 2.30. The number of methoxy groups -OCH3 is 1. The van der Waals surface area contributed by atoms with Crippen LogP contribution in [0.2, 0.25) is 0 Å². The molecule has 0 aromatic carbocycles. The highest BCUT2D eigenvalue weighted by atomic mass is 32.2. The van der Waals surface area contributed by atoms with E-state index in [2.05, 4.69) is 9.97 Å². The van der Waals surface area contributed by atoms with Gasteiger partial charge in [0, 0.05) is 30.2 Å².